The van der Waals surface area contributed by atoms with E-state index in [2.05, 4.69) is 31.3 Å². The quantitative estimate of drug-likeness (QED) is 0.0277. The summed E-state index contributed by atoms with van der Waals surface area (Å²) in [5.41, 5.74) is 0. The van der Waals surface area contributed by atoms with Gasteiger partial charge in [-0.1, -0.05) is 179 Å². The monoisotopic (exact) mass is 785 g/mol. The molecule has 0 rings (SSSR count). The summed E-state index contributed by atoms with van der Waals surface area (Å²) in [6.45, 7) is 4.63. The molecule has 0 aromatic carbocycles. The summed E-state index contributed by atoms with van der Waals surface area (Å²) < 4.78 is 23.2. The Bertz CT molecular complexity index is 938. The van der Waals surface area contributed by atoms with Crippen LogP contribution < -0.4 is 10.2 Å². The molecule has 9 heteroatoms. The van der Waals surface area contributed by atoms with Crippen LogP contribution >= 0.6 is 7.82 Å². The highest BCUT2D eigenvalue weighted by molar-refractivity contribution is 7.45. The van der Waals surface area contributed by atoms with E-state index in [9.17, 15) is 19.4 Å². The Morgan fingerprint density at radius 1 is 0.630 bits per heavy atom. The largest absolute Gasteiger partial charge is 0.756 e. The molecular formula is C45H89N2O6P. The standard InChI is InChI=1S/C45H89N2O6P/c1-6-8-10-12-14-16-18-20-21-22-23-24-25-27-28-30-32-34-36-38-44(48)43(42-53-54(50,51)52-41-40-47(3,4)5)46-45(49)39-37-35-33-31-29-26-19-17-15-13-11-9-7-2/h26,29,36,38,43-44,48H,6-25,27-28,30-35,37,39-42H2,1-5H3,(H-,46,49,50,51)/b29-26-,38-36+. The van der Waals surface area contributed by atoms with Gasteiger partial charge in [-0.3, -0.25) is 9.36 Å². The summed E-state index contributed by atoms with van der Waals surface area (Å²) in [5, 5.41) is 13.8. The number of amides is 1. The van der Waals surface area contributed by atoms with Crippen molar-refractivity contribution in [2.75, 3.05) is 40.9 Å². The van der Waals surface area contributed by atoms with Crippen LogP contribution in [0.15, 0.2) is 24.3 Å². The lowest BCUT2D eigenvalue weighted by Gasteiger charge is -2.29. The SMILES string of the molecule is CCCCCCCC/C=C\CCCCCC(=O)NC(COP(=O)([O-])OCC[N+](C)(C)C)C(O)/C=C/CCCCCCCCCCCCCCCCCCC. The van der Waals surface area contributed by atoms with Gasteiger partial charge in [-0.05, 0) is 44.9 Å². The van der Waals surface area contributed by atoms with Crippen LogP contribution in [-0.4, -0.2) is 68.5 Å². The van der Waals surface area contributed by atoms with E-state index in [0.717, 1.165) is 51.4 Å². The highest BCUT2D eigenvalue weighted by Crippen LogP contribution is 2.38. The van der Waals surface area contributed by atoms with Crippen LogP contribution in [0.25, 0.3) is 0 Å². The fourth-order valence-corrected chi connectivity index (χ4v) is 7.22. The summed E-state index contributed by atoms with van der Waals surface area (Å²) in [5.74, 6) is -0.213. The summed E-state index contributed by atoms with van der Waals surface area (Å²) in [4.78, 5) is 25.3. The highest BCUT2D eigenvalue weighted by atomic mass is 31.2. The molecule has 0 aliphatic heterocycles. The maximum absolute atomic E-state index is 12.8. The number of hydrogen-bond donors (Lipinski definition) is 2. The maximum Gasteiger partial charge on any atom is 0.268 e. The first kappa shape index (κ1) is 53.0. The number of nitrogens with one attached hydrogen (secondary N) is 1. The van der Waals surface area contributed by atoms with Gasteiger partial charge in [-0.25, -0.2) is 0 Å². The van der Waals surface area contributed by atoms with Crippen molar-refractivity contribution in [3.63, 3.8) is 0 Å². The molecule has 0 saturated carbocycles. The summed E-state index contributed by atoms with van der Waals surface area (Å²) >= 11 is 0. The smallest absolute Gasteiger partial charge is 0.268 e. The zero-order valence-electron chi connectivity index (χ0n) is 36.2. The number of hydrogen-bond acceptors (Lipinski definition) is 6. The second-order valence-electron chi connectivity index (χ2n) is 16.8. The molecule has 54 heavy (non-hydrogen) atoms. The predicted molar refractivity (Wildman–Crippen MR) is 228 cm³/mol. The number of rotatable bonds is 41. The summed E-state index contributed by atoms with van der Waals surface area (Å²) in [7, 11) is 1.25. The van der Waals surface area contributed by atoms with Crippen molar-refractivity contribution < 1.29 is 32.9 Å². The van der Waals surface area contributed by atoms with Gasteiger partial charge in [0.05, 0.1) is 39.9 Å². The molecule has 0 heterocycles. The van der Waals surface area contributed by atoms with E-state index in [1.165, 1.54) is 135 Å². The van der Waals surface area contributed by atoms with Crippen molar-refractivity contribution in [3.8, 4) is 0 Å². The summed E-state index contributed by atoms with van der Waals surface area (Å²) in [6, 6.07) is -0.890. The zero-order chi connectivity index (χ0) is 40.0. The Hall–Kier alpha value is -1.02. The predicted octanol–water partition coefficient (Wildman–Crippen LogP) is 11.9. The number of nitrogens with zero attached hydrogens (tertiary/aromatic N) is 1. The minimum absolute atomic E-state index is 0.00263. The molecule has 0 saturated heterocycles. The third kappa shape index (κ3) is 39.2. The topological polar surface area (TPSA) is 108 Å². The van der Waals surface area contributed by atoms with Gasteiger partial charge in [-0.2, -0.15) is 0 Å². The second-order valence-corrected chi connectivity index (χ2v) is 18.2. The molecule has 3 atom stereocenters. The third-order valence-electron chi connectivity index (χ3n) is 10.2. The Labute approximate surface area is 334 Å². The third-order valence-corrected chi connectivity index (χ3v) is 11.1. The molecule has 0 aliphatic carbocycles. The second kappa shape index (κ2) is 37.6. The van der Waals surface area contributed by atoms with Crippen LogP contribution in [0.1, 0.15) is 206 Å². The summed E-state index contributed by atoms with van der Waals surface area (Å²) in [6.07, 6.45) is 43.7. The number of phosphoric ester groups is 1. The number of unbranched alkanes of at least 4 members (excludes halogenated alkanes) is 26. The molecule has 2 N–H and O–H groups in total. The lowest BCUT2D eigenvalue weighted by molar-refractivity contribution is -0.870. The Kier molecular flexibility index (Phi) is 36.8. The average molecular weight is 785 g/mol. The van der Waals surface area contributed by atoms with E-state index in [1.807, 2.05) is 27.2 Å². The van der Waals surface area contributed by atoms with Gasteiger partial charge < -0.3 is 28.8 Å². The van der Waals surface area contributed by atoms with Crippen molar-refractivity contribution in [1.29, 1.82) is 0 Å². The fourth-order valence-electron chi connectivity index (χ4n) is 6.50. The molecule has 0 aromatic heterocycles. The first-order valence-electron chi connectivity index (χ1n) is 22.7. The number of likely N-dealkylation sites (N-methyl/N-ethyl adjacent to an activating group) is 1. The molecule has 0 radical (unpaired) electrons. The maximum atomic E-state index is 12.8. The normalized spacial score (nSPS) is 14.6. The Balaban J connectivity index is 4.41. The van der Waals surface area contributed by atoms with Crippen molar-refractivity contribution in [2.45, 2.75) is 219 Å². The lowest BCUT2D eigenvalue weighted by atomic mass is 10.0. The number of quaternary nitrogens is 1. The lowest BCUT2D eigenvalue weighted by Crippen LogP contribution is -2.45. The van der Waals surface area contributed by atoms with E-state index in [1.54, 1.807) is 6.08 Å². The van der Waals surface area contributed by atoms with Crippen molar-refractivity contribution in [1.82, 2.24) is 5.32 Å². The molecule has 3 unspecified atom stereocenters. The van der Waals surface area contributed by atoms with Crippen LogP contribution in [0.3, 0.4) is 0 Å². The zero-order valence-corrected chi connectivity index (χ0v) is 37.1. The van der Waals surface area contributed by atoms with Gasteiger partial charge in [0.25, 0.3) is 7.82 Å². The van der Waals surface area contributed by atoms with Gasteiger partial charge in [0.2, 0.25) is 5.91 Å². The van der Waals surface area contributed by atoms with Gasteiger partial charge in [0.15, 0.2) is 0 Å². The number of carbonyl (C=O) groups is 1. The number of aliphatic hydroxyl groups is 1. The van der Waals surface area contributed by atoms with Gasteiger partial charge in [0.1, 0.15) is 13.2 Å². The van der Waals surface area contributed by atoms with E-state index in [4.69, 9.17) is 9.05 Å². The highest BCUT2D eigenvalue weighted by Gasteiger charge is 2.23. The van der Waals surface area contributed by atoms with E-state index in [-0.39, 0.29) is 19.1 Å². The fraction of sp³-hybridized carbons (Fsp3) is 0.889. The van der Waals surface area contributed by atoms with E-state index < -0.39 is 20.0 Å². The minimum atomic E-state index is -4.59. The Morgan fingerprint density at radius 3 is 1.44 bits per heavy atom. The first-order chi connectivity index (χ1) is 26.0. The number of phosphoric acid groups is 1. The van der Waals surface area contributed by atoms with Crippen LogP contribution in [-0.2, 0) is 18.4 Å². The molecule has 0 bridgehead atoms. The average Bonchev–Trinajstić information content (AvgIpc) is 3.12. The van der Waals surface area contributed by atoms with Gasteiger partial charge >= 0.3 is 0 Å². The van der Waals surface area contributed by atoms with Crippen LogP contribution in [0.4, 0.5) is 0 Å². The van der Waals surface area contributed by atoms with Crippen molar-refractivity contribution in [2.24, 2.45) is 0 Å². The molecular weight excluding hydrogens is 695 g/mol. The van der Waals surface area contributed by atoms with Crippen LogP contribution in [0.5, 0.6) is 0 Å². The molecule has 0 aromatic rings. The van der Waals surface area contributed by atoms with E-state index in [0.29, 0.717) is 17.4 Å². The van der Waals surface area contributed by atoms with Crippen molar-refractivity contribution in [3.05, 3.63) is 24.3 Å². The van der Waals surface area contributed by atoms with Crippen LogP contribution in [0.2, 0.25) is 0 Å². The number of carbonyl (C=O) groups excluding carboxylic acids is 1. The van der Waals surface area contributed by atoms with Crippen LogP contribution in [0, 0.1) is 0 Å². The molecule has 0 spiro atoms. The van der Waals surface area contributed by atoms with Gasteiger partial charge in [-0.15, -0.1) is 0 Å². The first-order valence-corrected chi connectivity index (χ1v) is 24.2. The Morgan fingerprint density at radius 2 is 1.02 bits per heavy atom. The van der Waals surface area contributed by atoms with Crippen molar-refractivity contribution >= 4 is 13.7 Å². The molecule has 0 fully saturated rings. The van der Waals surface area contributed by atoms with Gasteiger partial charge in [0, 0.05) is 6.42 Å². The van der Waals surface area contributed by atoms with E-state index >= 15 is 0 Å². The minimum Gasteiger partial charge on any atom is -0.756 e. The number of allylic oxidation sites excluding steroid dienone is 3. The molecule has 1 amide bonds. The number of aliphatic hydroxyl groups excluding tert-OH is 1. The molecule has 0 aliphatic rings. The molecule has 8 nitrogen and oxygen atoms in total. The molecule has 320 valence electrons.